The first-order valence-electron chi connectivity index (χ1n) is 9.30. The van der Waals surface area contributed by atoms with Crippen LogP contribution in [0.15, 0.2) is 0 Å². The molecule has 2 fully saturated rings. The van der Waals surface area contributed by atoms with Crippen molar-refractivity contribution in [2.24, 2.45) is 0 Å². The number of likely N-dealkylation sites (tertiary alicyclic amines) is 2. The van der Waals surface area contributed by atoms with Gasteiger partial charge in [0, 0.05) is 43.9 Å². The SMILES string of the molecule is Cc1n[nH]c(C)c1C1CCCCCN1C(=O)NC1CCC(=O)N(C)C1. The molecule has 2 atom stereocenters. The Morgan fingerprint density at radius 2 is 2.04 bits per heavy atom. The van der Waals surface area contributed by atoms with Crippen molar-refractivity contribution in [1.29, 1.82) is 0 Å². The maximum atomic E-state index is 13.0. The minimum absolute atomic E-state index is 0.0142. The Hall–Kier alpha value is -2.05. The van der Waals surface area contributed by atoms with Crippen LogP contribution in [0.4, 0.5) is 4.79 Å². The molecule has 0 aromatic carbocycles. The predicted octanol–water partition coefficient (Wildman–Crippen LogP) is 2.27. The molecule has 2 unspecified atom stereocenters. The van der Waals surface area contributed by atoms with E-state index in [0.29, 0.717) is 13.0 Å². The van der Waals surface area contributed by atoms with Gasteiger partial charge in [-0.3, -0.25) is 9.89 Å². The lowest BCUT2D eigenvalue weighted by Gasteiger charge is -2.35. The quantitative estimate of drug-likeness (QED) is 0.861. The summed E-state index contributed by atoms with van der Waals surface area (Å²) in [5.74, 6) is 0.155. The molecule has 2 saturated heterocycles. The summed E-state index contributed by atoms with van der Waals surface area (Å²) in [5.41, 5.74) is 3.18. The van der Waals surface area contributed by atoms with E-state index in [0.717, 1.165) is 55.6 Å². The van der Waals surface area contributed by atoms with Crippen LogP contribution in [0.25, 0.3) is 0 Å². The van der Waals surface area contributed by atoms with Crippen molar-refractivity contribution in [2.45, 2.75) is 64.5 Å². The molecule has 2 aliphatic rings. The van der Waals surface area contributed by atoms with Gasteiger partial charge in [0.05, 0.1) is 11.7 Å². The van der Waals surface area contributed by atoms with Crippen molar-refractivity contribution < 1.29 is 9.59 Å². The lowest BCUT2D eigenvalue weighted by molar-refractivity contribution is -0.132. The molecule has 3 heterocycles. The van der Waals surface area contributed by atoms with Gasteiger partial charge in [-0.15, -0.1) is 0 Å². The second kappa shape index (κ2) is 7.45. The van der Waals surface area contributed by atoms with Crippen molar-refractivity contribution in [1.82, 2.24) is 25.3 Å². The highest BCUT2D eigenvalue weighted by atomic mass is 16.2. The van der Waals surface area contributed by atoms with Crippen LogP contribution in [0.1, 0.15) is 61.5 Å². The fraction of sp³-hybridized carbons (Fsp3) is 0.722. The van der Waals surface area contributed by atoms with Gasteiger partial charge in [0.2, 0.25) is 5.91 Å². The third-order valence-corrected chi connectivity index (χ3v) is 5.49. The maximum absolute atomic E-state index is 13.0. The highest BCUT2D eigenvalue weighted by Crippen LogP contribution is 2.33. The standard InChI is InChI=1S/C18H29N5O2/c1-12-17(13(2)21-20-12)15-7-5-4-6-10-23(15)18(25)19-14-8-9-16(24)22(3)11-14/h14-15H,4-11H2,1-3H3,(H,19,25)(H,20,21). The number of hydrogen-bond donors (Lipinski definition) is 2. The molecule has 138 valence electrons. The minimum Gasteiger partial charge on any atom is -0.344 e. The van der Waals surface area contributed by atoms with Crippen LogP contribution in [0.2, 0.25) is 0 Å². The Balaban J connectivity index is 1.75. The van der Waals surface area contributed by atoms with E-state index in [-0.39, 0.29) is 24.0 Å². The fourth-order valence-corrected chi connectivity index (χ4v) is 4.09. The molecule has 0 bridgehead atoms. The Kier molecular flexibility index (Phi) is 5.30. The summed E-state index contributed by atoms with van der Waals surface area (Å²) in [5, 5.41) is 10.5. The molecular weight excluding hydrogens is 318 g/mol. The van der Waals surface area contributed by atoms with Gasteiger partial charge < -0.3 is 15.1 Å². The fourth-order valence-electron chi connectivity index (χ4n) is 4.09. The molecule has 1 aromatic heterocycles. The topological polar surface area (TPSA) is 81.3 Å². The second-order valence-electron chi connectivity index (χ2n) is 7.37. The van der Waals surface area contributed by atoms with Gasteiger partial charge in [-0.2, -0.15) is 5.10 Å². The van der Waals surface area contributed by atoms with Gasteiger partial charge in [-0.1, -0.05) is 12.8 Å². The molecule has 0 spiro atoms. The first kappa shape index (κ1) is 17.8. The number of H-pyrrole nitrogens is 1. The molecule has 3 rings (SSSR count). The predicted molar refractivity (Wildman–Crippen MR) is 95.2 cm³/mol. The number of urea groups is 1. The summed E-state index contributed by atoms with van der Waals surface area (Å²) >= 11 is 0. The van der Waals surface area contributed by atoms with Gasteiger partial charge >= 0.3 is 6.03 Å². The van der Waals surface area contributed by atoms with E-state index < -0.39 is 0 Å². The van der Waals surface area contributed by atoms with E-state index in [1.807, 2.05) is 18.7 Å². The van der Waals surface area contributed by atoms with Crippen LogP contribution in [-0.2, 0) is 4.79 Å². The van der Waals surface area contributed by atoms with E-state index in [9.17, 15) is 9.59 Å². The molecule has 3 amide bonds. The Morgan fingerprint density at radius 1 is 1.24 bits per heavy atom. The minimum atomic E-state index is -0.0142. The van der Waals surface area contributed by atoms with Crippen LogP contribution in [0.5, 0.6) is 0 Å². The molecule has 25 heavy (non-hydrogen) atoms. The van der Waals surface area contributed by atoms with Crippen LogP contribution in [0.3, 0.4) is 0 Å². The number of piperidine rings is 1. The lowest BCUT2D eigenvalue weighted by Crippen LogP contribution is -2.52. The average Bonchev–Trinajstić information content (AvgIpc) is 2.77. The molecule has 2 aliphatic heterocycles. The summed E-state index contributed by atoms with van der Waals surface area (Å²) in [7, 11) is 1.80. The number of aryl methyl sites for hydroxylation is 2. The molecule has 7 nitrogen and oxygen atoms in total. The number of aromatic nitrogens is 2. The maximum Gasteiger partial charge on any atom is 0.318 e. The van der Waals surface area contributed by atoms with Crippen molar-refractivity contribution in [2.75, 3.05) is 20.1 Å². The van der Waals surface area contributed by atoms with Gasteiger partial charge in [0.15, 0.2) is 0 Å². The number of amides is 3. The number of rotatable bonds is 2. The Labute approximate surface area is 149 Å². The number of nitrogens with zero attached hydrogens (tertiary/aromatic N) is 3. The number of carbonyl (C=O) groups is 2. The first-order valence-corrected chi connectivity index (χ1v) is 9.30. The Morgan fingerprint density at radius 3 is 2.72 bits per heavy atom. The van der Waals surface area contributed by atoms with Crippen LogP contribution in [-0.4, -0.2) is 58.1 Å². The highest BCUT2D eigenvalue weighted by Gasteiger charge is 2.32. The van der Waals surface area contributed by atoms with Crippen molar-refractivity contribution >= 4 is 11.9 Å². The number of aromatic amines is 1. The first-order chi connectivity index (χ1) is 12.0. The zero-order valence-electron chi connectivity index (χ0n) is 15.5. The molecule has 0 aliphatic carbocycles. The van der Waals surface area contributed by atoms with E-state index in [2.05, 4.69) is 15.5 Å². The molecule has 0 saturated carbocycles. The summed E-state index contributed by atoms with van der Waals surface area (Å²) in [4.78, 5) is 28.4. The molecule has 1 aromatic rings. The van der Waals surface area contributed by atoms with Gasteiger partial charge in [-0.05, 0) is 33.1 Å². The van der Waals surface area contributed by atoms with E-state index >= 15 is 0 Å². The summed E-state index contributed by atoms with van der Waals surface area (Å²) in [6, 6.07) is 0.0921. The third kappa shape index (κ3) is 3.80. The van der Waals surface area contributed by atoms with Crippen molar-refractivity contribution in [3.8, 4) is 0 Å². The molecule has 7 heteroatoms. The number of nitrogens with one attached hydrogen (secondary N) is 2. The molecule has 2 N–H and O–H groups in total. The monoisotopic (exact) mass is 347 g/mol. The zero-order chi connectivity index (χ0) is 18.0. The van der Waals surface area contributed by atoms with Gasteiger partial charge in [-0.25, -0.2) is 4.79 Å². The van der Waals surface area contributed by atoms with Crippen molar-refractivity contribution in [3.63, 3.8) is 0 Å². The van der Waals surface area contributed by atoms with Crippen LogP contribution >= 0.6 is 0 Å². The summed E-state index contributed by atoms with van der Waals surface area (Å²) in [6.45, 7) is 5.38. The summed E-state index contributed by atoms with van der Waals surface area (Å²) < 4.78 is 0. The smallest absolute Gasteiger partial charge is 0.318 e. The normalized spacial score (nSPS) is 25.0. The van der Waals surface area contributed by atoms with Crippen molar-refractivity contribution in [3.05, 3.63) is 17.0 Å². The number of hydrogen-bond acceptors (Lipinski definition) is 3. The third-order valence-electron chi connectivity index (χ3n) is 5.49. The average molecular weight is 347 g/mol. The van der Waals surface area contributed by atoms with Crippen LogP contribution < -0.4 is 5.32 Å². The highest BCUT2D eigenvalue weighted by molar-refractivity contribution is 5.78. The summed E-state index contributed by atoms with van der Waals surface area (Å²) in [6.07, 6.45) is 5.50. The second-order valence-corrected chi connectivity index (χ2v) is 7.37. The van der Waals surface area contributed by atoms with E-state index in [4.69, 9.17) is 0 Å². The Bertz CT molecular complexity index is 622. The zero-order valence-corrected chi connectivity index (χ0v) is 15.5. The van der Waals surface area contributed by atoms with E-state index in [1.165, 1.54) is 0 Å². The molecular formula is C18H29N5O2. The van der Waals surface area contributed by atoms with Gasteiger partial charge in [0.1, 0.15) is 0 Å². The van der Waals surface area contributed by atoms with E-state index in [1.54, 1.807) is 11.9 Å². The van der Waals surface area contributed by atoms with Crippen LogP contribution in [0, 0.1) is 13.8 Å². The number of likely N-dealkylation sites (N-methyl/N-ethyl adjacent to an activating group) is 1. The molecule has 0 radical (unpaired) electrons. The number of carbonyl (C=O) groups excluding carboxylic acids is 2. The van der Waals surface area contributed by atoms with Gasteiger partial charge in [0.25, 0.3) is 0 Å². The lowest BCUT2D eigenvalue weighted by atomic mass is 9.99. The largest absolute Gasteiger partial charge is 0.344 e.